The molecule has 0 spiro atoms. The van der Waals surface area contributed by atoms with Gasteiger partial charge in [-0.2, -0.15) is 0 Å². The summed E-state index contributed by atoms with van der Waals surface area (Å²) in [5, 5.41) is 3.01. The van der Waals surface area contributed by atoms with E-state index in [-0.39, 0.29) is 22.7 Å². The van der Waals surface area contributed by atoms with Crippen molar-refractivity contribution in [2.45, 2.75) is 24.6 Å². The van der Waals surface area contributed by atoms with E-state index in [1.165, 1.54) is 11.9 Å². The molecule has 2 aromatic carbocycles. The van der Waals surface area contributed by atoms with Crippen LogP contribution in [0.5, 0.6) is 17.2 Å². The van der Waals surface area contributed by atoms with E-state index in [2.05, 4.69) is 15.0 Å². The summed E-state index contributed by atoms with van der Waals surface area (Å²) in [6, 6.07) is 11.7. The van der Waals surface area contributed by atoms with Gasteiger partial charge in [-0.3, -0.25) is 4.90 Å². The number of carbonyl (C=O) groups is 1. The monoisotopic (exact) mass is 504 g/mol. The molecule has 3 aromatic rings. The SMILES string of the molecule is CCOc1ccc(NC(=O)N(C)c2nc(C)c(S(=O)(=O)NCc3ccc4c(c3)OCO4)s2)cc1. The normalized spacial score (nSPS) is 12.4. The first kappa shape index (κ1) is 23.8. The molecular weight excluding hydrogens is 480 g/mol. The molecule has 34 heavy (non-hydrogen) atoms. The van der Waals surface area contributed by atoms with Gasteiger partial charge in [0.15, 0.2) is 20.8 Å². The van der Waals surface area contributed by atoms with Crippen molar-refractivity contribution in [3.05, 3.63) is 53.7 Å². The first-order chi connectivity index (χ1) is 16.3. The summed E-state index contributed by atoms with van der Waals surface area (Å²) in [5.74, 6) is 1.90. The minimum absolute atomic E-state index is 0.0453. The fourth-order valence-corrected chi connectivity index (χ4v) is 5.67. The average Bonchev–Trinajstić information content (AvgIpc) is 3.45. The zero-order valence-electron chi connectivity index (χ0n) is 18.8. The molecule has 0 bridgehead atoms. The van der Waals surface area contributed by atoms with Crippen molar-refractivity contribution in [2.75, 3.05) is 30.7 Å². The number of sulfonamides is 1. The summed E-state index contributed by atoms with van der Waals surface area (Å²) >= 11 is 0.917. The number of rotatable bonds is 8. The summed E-state index contributed by atoms with van der Waals surface area (Å²) in [6.07, 6.45) is 0. The van der Waals surface area contributed by atoms with E-state index in [9.17, 15) is 13.2 Å². The number of aromatic nitrogens is 1. The van der Waals surface area contributed by atoms with Crippen molar-refractivity contribution < 1.29 is 27.4 Å². The lowest BCUT2D eigenvalue weighted by Crippen LogP contribution is -2.31. The van der Waals surface area contributed by atoms with E-state index in [0.717, 1.165) is 16.9 Å². The summed E-state index contributed by atoms with van der Waals surface area (Å²) in [4.78, 5) is 18.2. The fraction of sp³-hybridized carbons (Fsp3) is 0.273. The van der Waals surface area contributed by atoms with Gasteiger partial charge in [0.2, 0.25) is 6.79 Å². The molecule has 4 rings (SSSR count). The molecule has 0 fully saturated rings. The number of nitrogens with one attached hydrogen (secondary N) is 2. The Hall–Kier alpha value is -3.35. The predicted octanol–water partition coefficient (Wildman–Crippen LogP) is 3.73. The summed E-state index contributed by atoms with van der Waals surface area (Å²) < 4.78 is 44.4. The molecule has 180 valence electrons. The van der Waals surface area contributed by atoms with Gasteiger partial charge in [0.05, 0.1) is 12.3 Å². The number of anilines is 2. The quantitative estimate of drug-likeness (QED) is 0.480. The number of hydrogen-bond donors (Lipinski definition) is 2. The van der Waals surface area contributed by atoms with Crippen LogP contribution in [0.1, 0.15) is 18.2 Å². The number of urea groups is 1. The molecule has 2 heterocycles. The van der Waals surface area contributed by atoms with Crippen LogP contribution in [0.3, 0.4) is 0 Å². The molecule has 0 atom stereocenters. The van der Waals surface area contributed by atoms with Crippen molar-refractivity contribution in [3.63, 3.8) is 0 Å². The number of thiazole rings is 1. The molecule has 2 N–H and O–H groups in total. The Morgan fingerprint density at radius 3 is 2.65 bits per heavy atom. The van der Waals surface area contributed by atoms with Crippen LogP contribution in [-0.4, -0.2) is 39.9 Å². The van der Waals surface area contributed by atoms with Crippen molar-refractivity contribution in [2.24, 2.45) is 0 Å². The molecule has 0 unspecified atom stereocenters. The highest BCUT2D eigenvalue weighted by Crippen LogP contribution is 2.33. The number of ether oxygens (including phenoxy) is 3. The van der Waals surface area contributed by atoms with Crippen LogP contribution in [0.25, 0.3) is 0 Å². The third-order valence-corrected chi connectivity index (χ3v) is 8.14. The molecular formula is C22H24N4O6S2. The maximum atomic E-state index is 12.9. The van der Waals surface area contributed by atoms with Crippen LogP contribution in [-0.2, 0) is 16.6 Å². The van der Waals surface area contributed by atoms with E-state index >= 15 is 0 Å². The summed E-state index contributed by atoms with van der Waals surface area (Å²) in [7, 11) is -2.32. The van der Waals surface area contributed by atoms with Gasteiger partial charge in [0.1, 0.15) is 5.75 Å². The number of carbonyl (C=O) groups excluding carboxylic acids is 1. The van der Waals surface area contributed by atoms with E-state index in [1.807, 2.05) is 6.92 Å². The molecule has 0 saturated heterocycles. The van der Waals surface area contributed by atoms with Crippen LogP contribution in [0.2, 0.25) is 0 Å². The first-order valence-corrected chi connectivity index (χ1v) is 12.7. The Balaban J connectivity index is 1.42. The third kappa shape index (κ3) is 5.24. The lowest BCUT2D eigenvalue weighted by molar-refractivity contribution is 0.174. The van der Waals surface area contributed by atoms with Gasteiger partial charge >= 0.3 is 6.03 Å². The second kappa shape index (κ2) is 9.87. The second-order valence-corrected chi connectivity index (χ2v) is 10.3. The molecule has 10 nitrogen and oxygen atoms in total. The highest BCUT2D eigenvalue weighted by Gasteiger charge is 2.25. The molecule has 12 heteroatoms. The smallest absolute Gasteiger partial charge is 0.327 e. The van der Waals surface area contributed by atoms with E-state index in [1.54, 1.807) is 49.4 Å². The van der Waals surface area contributed by atoms with Crippen LogP contribution in [0.15, 0.2) is 46.7 Å². The van der Waals surface area contributed by atoms with Crippen LogP contribution < -0.4 is 29.1 Å². The topological polar surface area (TPSA) is 119 Å². The molecule has 0 aliphatic carbocycles. The van der Waals surface area contributed by atoms with Gasteiger partial charge in [0, 0.05) is 19.3 Å². The van der Waals surface area contributed by atoms with Gasteiger partial charge in [-0.05, 0) is 55.8 Å². The lowest BCUT2D eigenvalue weighted by atomic mass is 10.2. The molecule has 0 saturated carbocycles. The van der Waals surface area contributed by atoms with Crippen LogP contribution in [0.4, 0.5) is 15.6 Å². The summed E-state index contributed by atoms with van der Waals surface area (Å²) in [5.41, 5.74) is 1.60. The Kier molecular flexibility index (Phi) is 6.91. The van der Waals surface area contributed by atoms with Crippen molar-refractivity contribution in [1.29, 1.82) is 0 Å². The summed E-state index contributed by atoms with van der Waals surface area (Å²) in [6.45, 7) is 4.25. The Morgan fingerprint density at radius 1 is 1.18 bits per heavy atom. The highest BCUT2D eigenvalue weighted by atomic mass is 32.2. The molecule has 1 aromatic heterocycles. The standard InChI is InChI=1S/C22H24N4O6S2/c1-4-30-17-8-6-16(7-9-17)25-21(27)26(3)22-24-14(2)20(33-22)34(28,29)23-12-15-5-10-18-19(11-15)32-13-31-18/h5-11,23H,4,12-13H2,1-3H3,(H,25,27). The molecule has 1 aliphatic rings. The molecule has 2 amide bonds. The van der Waals surface area contributed by atoms with E-state index < -0.39 is 16.1 Å². The van der Waals surface area contributed by atoms with Gasteiger partial charge in [-0.1, -0.05) is 17.4 Å². The van der Waals surface area contributed by atoms with Gasteiger partial charge in [0.25, 0.3) is 10.0 Å². The largest absolute Gasteiger partial charge is 0.494 e. The Labute approximate surface area is 201 Å². The van der Waals surface area contributed by atoms with E-state index in [4.69, 9.17) is 14.2 Å². The van der Waals surface area contributed by atoms with Crippen LogP contribution in [0, 0.1) is 6.92 Å². The zero-order valence-corrected chi connectivity index (χ0v) is 20.5. The zero-order chi connectivity index (χ0) is 24.3. The van der Waals surface area contributed by atoms with Crippen molar-refractivity contribution in [3.8, 4) is 17.2 Å². The third-order valence-electron chi connectivity index (χ3n) is 4.90. The van der Waals surface area contributed by atoms with Crippen molar-refractivity contribution in [1.82, 2.24) is 9.71 Å². The Bertz CT molecular complexity index is 1290. The lowest BCUT2D eigenvalue weighted by Gasteiger charge is -2.15. The highest BCUT2D eigenvalue weighted by molar-refractivity contribution is 7.91. The maximum Gasteiger partial charge on any atom is 0.327 e. The van der Waals surface area contributed by atoms with Gasteiger partial charge in [-0.25, -0.2) is 22.9 Å². The van der Waals surface area contributed by atoms with Crippen LogP contribution >= 0.6 is 11.3 Å². The predicted molar refractivity (Wildman–Crippen MR) is 128 cm³/mol. The minimum atomic E-state index is -3.85. The minimum Gasteiger partial charge on any atom is -0.494 e. The number of amides is 2. The van der Waals surface area contributed by atoms with Gasteiger partial charge < -0.3 is 19.5 Å². The first-order valence-electron chi connectivity index (χ1n) is 10.4. The average molecular weight is 505 g/mol. The van der Waals surface area contributed by atoms with E-state index in [0.29, 0.717) is 35.2 Å². The van der Waals surface area contributed by atoms with Gasteiger partial charge in [-0.15, -0.1) is 0 Å². The maximum absolute atomic E-state index is 12.9. The number of aryl methyl sites for hydroxylation is 1. The number of fused-ring (bicyclic) bond motifs is 1. The molecule has 0 radical (unpaired) electrons. The fourth-order valence-electron chi connectivity index (χ4n) is 3.15. The number of hydrogen-bond acceptors (Lipinski definition) is 8. The number of benzene rings is 2. The second-order valence-electron chi connectivity index (χ2n) is 7.33. The number of nitrogens with zero attached hydrogens (tertiary/aromatic N) is 2. The molecule has 1 aliphatic heterocycles. The van der Waals surface area contributed by atoms with Crippen molar-refractivity contribution >= 4 is 38.2 Å². The Morgan fingerprint density at radius 2 is 1.91 bits per heavy atom.